The van der Waals surface area contributed by atoms with E-state index in [9.17, 15) is 5.11 Å². The first-order chi connectivity index (χ1) is 8.12. The fourth-order valence-electron chi connectivity index (χ4n) is 1.53. The van der Waals surface area contributed by atoms with Crippen molar-refractivity contribution in [3.05, 3.63) is 23.8 Å². The SMILES string of the molecule is CSC(CO)C(C)Nc1cc(C#N)ccc1N. The van der Waals surface area contributed by atoms with E-state index < -0.39 is 0 Å². The Balaban J connectivity index is 2.84. The average Bonchev–Trinajstić information content (AvgIpc) is 2.33. The van der Waals surface area contributed by atoms with Gasteiger partial charge in [-0.2, -0.15) is 17.0 Å². The maximum Gasteiger partial charge on any atom is 0.0992 e. The molecule has 2 unspecified atom stereocenters. The highest BCUT2D eigenvalue weighted by molar-refractivity contribution is 7.99. The summed E-state index contributed by atoms with van der Waals surface area (Å²) in [5.41, 5.74) is 7.75. The summed E-state index contributed by atoms with van der Waals surface area (Å²) in [5, 5.41) is 21.4. The Bertz CT molecular complexity index is 413. The number of nitrogens with one attached hydrogen (secondary N) is 1. The second-order valence-corrected chi connectivity index (χ2v) is 4.88. The van der Waals surface area contributed by atoms with Crippen LogP contribution in [0, 0.1) is 11.3 Å². The largest absolute Gasteiger partial charge is 0.397 e. The quantitative estimate of drug-likeness (QED) is 0.693. The highest BCUT2D eigenvalue weighted by atomic mass is 32.2. The van der Waals surface area contributed by atoms with Gasteiger partial charge in [0.15, 0.2) is 0 Å². The number of aliphatic hydroxyl groups is 1. The number of hydrogen-bond acceptors (Lipinski definition) is 5. The van der Waals surface area contributed by atoms with Gasteiger partial charge < -0.3 is 16.2 Å². The van der Waals surface area contributed by atoms with E-state index in [4.69, 9.17) is 11.0 Å². The molecule has 0 fully saturated rings. The van der Waals surface area contributed by atoms with E-state index >= 15 is 0 Å². The van der Waals surface area contributed by atoms with Crippen LogP contribution in [-0.4, -0.2) is 29.3 Å². The molecule has 0 radical (unpaired) electrons. The predicted molar refractivity (Wildman–Crippen MR) is 73.0 cm³/mol. The van der Waals surface area contributed by atoms with Crippen molar-refractivity contribution in [1.29, 1.82) is 5.26 Å². The molecule has 0 saturated carbocycles. The monoisotopic (exact) mass is 251 g/mol. The van der Waals surface area contributed by atoms with Gasteiger partial charge in [-0.25, -0.2) is 0 Å². The molecule has 17 heavy (non-hydrogen) atoms. The topological polar surface area (TPSA) is 82.1 Å². The van der Waals surface area contributed by atoms with Crippen molar-refractivity contribution in [1.82, 2.24) is 0 Å². The van der Waals surface area contributed by atoms with Crippen molar-refractivity contribution in [2.45, 2.75) is 18.2 Å². The van der Waals surface area contributed by atoms with Gasteiger partial charge in [-0.15, -0.1) is 0 Å². The lowest BCUT2D eigenvalue weighted by molar-refractivity contribution is 0.288. The Labute approximate surface area is 106 Å². The predicted octanol–water partition coefficient (Wildman–Crippen LogP) is 1.66. The van der Waals surface area contributed by atoms with Crippen molar-refractivity contribution in [3.8, 4) is 6.07 Å². The van der Waals surface area contributed by atoms with Gasteiger partial charge in [0.25, 0.3) is 0 Å². The van der Waals surface area contributed by atoms with Crippen LogP contribution in [0.25, 0.3) is 0 Å². The zero-order valence-corrected chi connectivity index (χ0v) is 10.8. The molecule has 2 atom stereocenters. The molecule has 0 aliphatic heterocycles. The minimum atomic E-state index is 0.0752. The molecule has 1 aromatic rings. The first-order valence-corrected chi connectivity index (χ1v) is 6.61. The van der Waals surface area contributed by atoms with Gasteiger partial charge in [0, 0.05) is 11.3 Å². The molecular weight excluding hydrogens is 234 g/mol. The number of nitrogen functional groups attached to an aromatic ring is 1. The Kier molecular flexibility index (Phi) is 5.13. The molecule has 1 aromatic carbocycles. The fourth-order valence-corrected chi connectivity index (χ4v) is 2.15. The maximum atomic E-state index is 9.20. The molecule has 0 amide bonds. The standard InChI is InChI=1S/C12H17N3OS/c1-8(12(7-16)17-2)15-11-5-9(6-13)3-4-10(11)14/h3-5,8,12,15-16H,7,14H2,1-2H3. The van der Waals surface area contributed by atoms with Crippen LogP contribution in [0.2, 0.25) is 0 Å². The molecule has 0 bridgehead atoms. The Morgan fingerprint density at radius 1 is 1.59 bits per heavy atom. The Morgan fingerprint density at radius 2 is 2.29 bits per heavy atom. The summed E-state index contributed by atoms with van der Waals surface area (Å²) in [4.78, 5) is 0. The van der Waals surface area contributed by atoms with Gasteiger partial charge in [-0.05, 0) is 31.4 Å². The maximum absolute atomic E-state index is 9.20. The highest BCUT2D eigenvalue weighted by Gasteiger charge is 2.15. The summed E-state index contributed by atoms with van der Waals surface area (Å²) in [6.45, 7) is 2.09. The van der Waals surface area contributed by atoms with Crippen LogP contribution >= 0.6 is 11.8 Å². The molecule has 4 nitrogen and oxygen atoms in total. The van der Waals surface area contributed by atoms with Crippen LogP contribution in [0.5, 0.6) is 0 Å². The summed E-state index contributed by atoms with van der Waals surface area (Å²) >= 11 is 1.59. The molecule has 1 rings (SSSR count). The third kappa shape index (κ3) is 3.55. The lowest BCUT2D eigenvalue weighted by Crippen LogP contribution is -2.31. The number of anilines is 2. The van der Waals surface area contributed by atoms with Crippen LogP contribution in [0.3, 0.4) is 0 Å². The van der Waals surface area contributed by atoms with Gasteiger partial charge in [-0.1, -0.05) is 0 Å². The third-order valence-corrected chi connectivity index (χ3v) is 3.77. The summed E-state index contributed by atoms with van der Waals surface area (Å²) in [5.74, 6) is 0. The van der Waals surface area contributed by atoms with Gasteiger partial charge in [0.05, 0.1) is 29.6 Å². The molecular formula is C12H17N3OS. The number of aliphatic hydroxyl groups excluding tert-OH is 1. The Morgan fingerprint density at radius 3 is 2.82 bits per heavy atom. The van der Waals surface area contributed by atoms with E-state index in [1.807, 2.05) is 13.2 Å². The van der Waals surface area contributed by atoms with Crippen molar-refractivity contribution in [2.75, 3.05) is 23.9 Å². The highest BCUT2D eigenvalue weighted by Crippen LogP contribution is 2.23. The van der Waals surface area contributed by atoms with Crippen molar-refractivity contribution < 1.29 is 5.11 Å². The molecule has 0 aliphatic rings. The van der Waals surface area contributed by atoms with E-state index in [2.05, 4.69) is 11.4 Å². The zero-order valence-electron chi connectivity index (χ0n) is 9.97. The van der Waals surface area contributed by atoms with E-state index in [0.717, 1.165) is 5.69 Å². The van der Waals surface area contributed by atoms with Gasteiger partial charge >= 0.3 is 0 Å². The van der Waals surface area contributed by atoms with Crippen LogP contribution in [0.15, 0.2) is 18.2 Å². The minimum Gasteiger partial charge on any atom is -0.397 e. The molecule has 0 heterocycles. The first kappa shape index (κ1) is 13.7. The summed E-state index contributed by atoms with van der Waals surface area (Å²) < 4.78 is 0. The number of rotatable bonds is 5. The normalized spacial score (nSPS) is 13.8. The summed E-state index contributed by atoms with van der Waals surface area (Å²) in [6, 6.07) is 7.27. The number of benzene rings is 1. The molecule has 0 saturated heterocycles. The van der Waals surface area contributed by atoms with E-state index in [1.165, 1.54) is 0 Å². The van der Waals surface area contributed by atoms with Crippen molar-refractivity contribution >= 4 is 23.1 Å². The fraction of sp³-hybridized carbons (Fsp3) is 0.417. The second-order valence-electron chi connectivity index (χ2n) is 3.80. The second kappa shape index (κ2) is 6.38. The van der Waals surface area contributed by atoms with Crippen molar-refractivity contribution in [2.24, 2.45) is 0 Å². The summed E-state index contributed by atoms with van der Waals surface area (Å²) in [6.07, 6.45) is 1.95. The van der Waals surface area contributed by atoms with E-state index in [-0.39, 0.29) is 17.9 Å². The Hall–Kier alpha value is -1.38. The van der Waals surface area contributed by atoms with Crippen LogP contribution in [-0.2, 0) is 0 Å². The number of nitriles is 1. The molecule has 0 aromatic heterocycles. The lowest BCUT2D eigenvalue weighted by Gasteiger charge is -2.23. The van der Waals surface area contributed by atoms with Crippen LogP contribution < -0.4 is 11.1 Å². The molecule has 92 valence electrons. The van der Waals surface area contributed by atoms with Crippen LogP contribution in [0.4, 0.5) is 11.4 Å². The summed E-state index contributed by atoms with van der Waals surface area (Å²) in [7, 11) is 0. The first-order valence-electron chi connectivity index (χ1n) is 5.32. The number of thioether (sulfide) groups is 1. The molecule has 5 heteroatoms. The van der Waals surface area contributed by atoms with Crippen molar-refractivity contribution in [3.63, 3.8) is 0 Å². The molecule has 0 spiro atoms. The smallest absolute Gasteiger partial charge is 0.0992 e. The zero-order chi connectivity index (χ0) is 12.8. The van der Waals surface area contributed by atoms with Gasteiger partial charge in [0.1, 0.15) is 0 Å². The van der Waals surface area contributed by atoms with Gasteiger partial charge in [0.2, 0.25) is 0 Å². The minimum absolute atomic E-state index is 0.0752. The number of hydrogen-bond donors (Lipinski definition) is 3. The van der Waals surface area contributed by atoms with Crippen LogP contribution in [0.1, 0.15) is 12.5 Å². The van der Waals surface area contributed by atoms with E-state index in [1.54, 1.807) is 30.0 Å². The van der Waals surface area contributed by atoms with E-state index in [0.29, 0.717) is 11.3 Å². The average molecular weight is 251 g/mol. The lowest BCUT2D eigenvalue weighted by atomic mass is 10.1. The molecule has 0 aliphatic carbocycles. The number of nitrogens with two attached hydrogens (primary N) is 1. The van der Waals surface area contributed by atoms with Gasteiger partial charge in [-0.3, -0.25) is 0 Å². The molecule has 4 N–H and O–H groups in total. The number of nitrogens with zero attached hydrogens (tertiary/aromatic N) is 1. The third-order valence-electron chi connectivity index (χ3n) is 2.61.